The van der Waals surface area contributed by atoms with Crippen LogP contribution in [0, 0.1) is 0 Å². The predicted octanol–water partition coefficient (Wildman–Crippen LogP) is 2.37. The van der Waals surface area contributed by atoms with E-state index < -0.39 is 10.0 Å². The number of aliphatic hydroxyl groups excluding tert-OH is 1. The first-order valence-corrected chi connectivity index (χ1v) is 8.47. The third-order valence-corrected chi connectivity index (χ3v) is 4.99. The van der Waals surface area contributed by atoms with Gasteiger partial charge in [0.25, 0.3) is 10.0 Å². The van der Waals surface area contributed by atoms with E-state index in [9.17, 15) is 8.42 Å². The van der Waals surface area contributed by atoms with Gasteiger partial charge in [-0.05, 0) is 58.2 Å². The van der Waals surface area contributed by atoms with Gasteiger partial charge >= 0.3 is 0 Å². The molecule has 0 amide bonds. The fraction of sp³-hybridized carbons (Fsp3) is 0.143. The molecule has 0 atom stereocenters. The number of hydrogen-bond donors (Lipinski definition) is 3. The Balaban J connectivity index is 2.22. The number of nitrogens with two attached hydrogens (primary N) is 1. The van der Waals surface area contributed by atoms with Crippen molar-refractivity contribution in [2.24, 2.45) is 0 Å². The van der Waals surface area contributed by atoms with Gasteiger partial charge in [-0.3, -0.25) is 4.72 Å². The number of nitrogen functional groups attached to an aromatic ring is 1. The lowest BCUT2D eigenvalue weighted by Gasteiger charge is -2.10. The van der Waals surface area contributed by atoms with Crippen molar-refractivity contribution < 1.29 is 13.5 Å². The second-order valence-electron chi connectivity index (χ2n) is 4.46. The normalized spacial score (nSPS) is 11.3. The zero-order chi connectivity index (χ0) is 15.5. The fourth-order valence-corrected chi connectivity index (χ4v) is 3.11. The molecule has 0 bridgehead atoms. The second-order valence-corrected chi connectivity index (χ2v) is 7.00. The number of aliphatic hydroxyl groups is 1. The van der Waals surface area contributed by atoms with Crippen LogP contribution in [0.1, 0.15) is 5.56 Å². The number of anilines is 2. The van der Waals surface area contributed by atoms with Crippen molar-refractivity contribution in [1.82, 2.24) is 0 Å². The molecule has 4 N–H and O–H groups in total. The first-order valence-electron chi connectivity index (χ1n) is 6.20. The summed E-state index contributed by atoms with van der Waals surface area (Å²) in [5.74, 6) is 0. The fourth-order valence-electron chi connectivity index (χ4n) is 1.77. The number of nitrogens with one attached hydrogen (secondary N) is 1. The van der Waals surface area contributed by atoms with Crippen molar-refractivity contribution in [3.8, 4) is 0 Å². The zero-order valence-corrected chi connectivity index (χ0v) is 13.5. The zero-order valence-electron chi connectivity index (χ0n) is 11.1. The molecular formula is C14H15BrN2O3S. The van der Waals surface area contributed by atoms with Crippen LogP contribution in [0.15, 0.2) is 51.8 Å². The molecule has 0 spiro atoms. The minimum Gasteiger partial charge on any atom is -0.398 e. The van der Waals surface area contributed by atoms with Crippen LogP contribution >= 0.6 is 15.9 Å². The molecule has 0 aromatic heterocycles. The van der Waals surface area contributed by atoms with Gasteiger partial charge in [0, 0.05) is 22.5 Å². The highest BCUT2D eigenvalue weighted by Gasteiger charge is 2.15. The molecule has 0 fully saturated rings. The molecule has 7 heteroatoms. The monoisotopic (exact) mass is 370 g/mol. The average molecular weight is 371 g/mol. The Bertz CT molecular complexity index is 730. The van der Waals surface area contributed by atoms with Crippen molar-refractivity contribution >= 4 is 37.3 Å². The molecule has 2 aromatic rings. The maximum atomic E-state index is 12.3. The maximum Gasteiger partial charge on any atom is 0.261 e. The molecule has 0 heterocycles. The third kappa shape index (κ3) is 3.96. The molecule has 0 radical (unpaired) electrons. The molecule has 0 saturated carbocycles. The summed E-state index contributed by atoms with van der Waals surface area (Å²) >= 11 is 3.22. The van der Waals surface area contributed by atoms with Crippen molar-refractivity contribution in [2.75, 3.05) is 17.1 Å². The first kappa shape index (κ1) is 15.8. The van der Waals surface area contributed by atoms with E-state index in [1.165, 1.54) is 12.1 Å². The van der Waals surface area contributed by atoms with Crippen LogP contribution in [0.5, 0.6) is 0 Å². The summed E-state index contributed by atoms with van der Waals surface area (Å²) < 4.78 is 27.6. The molecule has 2 rings (SSSR count). The average Bonchev–Trinajstić information content (AvgIpc) is 2.44. The summed E-state index contributed by atoms with van der Waals surface area (Å²) in [5.41, 5.74) is 7.45. The molecule has 5 nitrogen and oxygen atoms in total. The predicted molar refractivity (Wildman–Crippen MR) is 86.6 cm³/mol. The van der Waals surface area contributed by atoms with Gasteiger partial charge in [-0.25, -0.2) is 8.42 Å². The van der Waals surface area contributed by atoms with Crippen molar-refractivity contribution in [1.29, 1.82) is 0 Å². The smallest absolute Gasteiger partial charge is 0.261 e. The molecule has 2 aromatic carbocycles. The van der Waals surface area contributed by atoms with E-state index in [0.29, 0.717) is 22.3 Å². The van der Waals surface area contributed by atoms with Gasteiger partial charge in [0.2, 0.25) is 0 Å². The summed E-state index contributed by atoms with van der Waals surface area (Å²) in [6.07, 6.45) is 0.538. The first-order chi connectivity index (χ1) is 9.92. The molecule has 0 saturated heterocycles. The van der Waals surface area contributed by atoms with Crippen LogP contribution < -0.4 is 10.5 Å². The SMILES string of the molecule is Nc1cc(S(=O)(=O)Nc2ccc(CCO)cc2)ccc1Br. The Hall–Kier alpha value is -1.57. The van der Waals surface area contributed by atoms with Crippen molar-refractivity contribution in [2.45, 2.75) is 11.3 Å². The van der Waals surface area contributed by atoms with E-state index in [4.69, 9.17) is 10.8 Å². The maximum absolute atomic E-state index is 12.3. The lowest BCUT2D eigenvalue weighted by atomic mass is 10.1. The van der Waals surface area contributed by atoms with Crippen molar-refractivity contribution in [3.05, 3.63) is 52.5 Å². The second kappa shape index (κ2) is 6.46. The van der Waals surface area contributed by atoms with Gasteiger partial charge in [-0.2, -0.15) is 0 Å². The van der Waals surface area contributed by atoms with Gasteiger partial charge in [0.15, 0.2) is 0 Å². The minimum absolute atomic E-state index is 0.0588. The molecule has 21 heavy (non-hydrogen) atoms. The van der Waals surface area contributed by atoms with Crippen LogP contribution in [0.2, 0.25) is 0 Å². The Labute approximate surface area is 132 Å². The summed E-state index contributed by atoms with van der Waals surface area (Å²) in [4.78, 5) is 0.0997. The van der Waals surface area contributed by atoms with Crippen LogP contribution in [-0.2, 0) is 16.4 Å². The minimum atomic E-state index is -3.68. The van der Waals surface area contributed by atoms with Gasteiger partial charge in [0.05, 0.1) is 4.90 Å². The van der Waals surface area contributed by atoms with Gasteiger partial charge < -0.3 is 10.8 Å². The largest absolute Gasteiger partial charge is 0.398 e. The number of hydrogen-bond acceptors (Lipinski definition) is 4. The highest BCUT2D eigenvalue weighted by molar-refractivity contribution is 9.10. The van der Waals surface area contributed by atoms with E-state index in [1.54, 1.807) is 30.3 Å². The Morgan fingerprint density at radius 1 is 1.14 bits per heavy atom. The number of rotatable bonds is 5. The van der Waals surface area contributed by atoms with Gasteiger partial charge in [0.1, 0.15) is 0 Å². The summed E-state index contributed by atoms with van der Waals surface area (Å²) in [7, 11) is -3.68. The van der Waals surface area contributed by atoms with Gasteiger partial charge in [-0.1, -0.05) is 12.1 Å². The van der Waals surface area contributed by atoms with Crippen LogP contribution in [0.3, 0.4) is 0 Å². The quantitative estimate of drug-likeness (QED) is 0.704. The van der Waals surface area contributed by atoms with Gasteiger partial charge in [-0.15, -0.1) is 0 Å². The highest BCUT2D eigenvalue weighted by Crippen LogP contribution is 2.24. The van der Waals surface area contributed by atoms with E-state index in [2.05, 4.69) is 20.7 Å². The highest BCUT2D eigenvalue weighted by atomic mass is 79.9. The number of halogens is 1. The Morgan fingerprint density at radius 3 is 2.38 bits per heavy atom. The lowest BCUT2D eigenvalue weighted by Crippen LogP contribution is -2.13. The Morgan fingerprint density at radius 2 is 1.81 bits per heavy atom. The van der Waals surface area contributed by atoms with Crippen LogP contribution in [0.25, 0.3) is 0 Å². The molecule has 0 aliphatic heterocycles. The summed E-state index contributed by atoms with van der Waals surface area (Å²) in [6.45, 7) is 0.0588. The number of sulfonamides is 1. The standard InChI is InChI=1S/C14H15BrN2O3S/c15-13-6-5-12(9-14(13)16)21(19,20)17-11-3-1-10(2-4-11)7-8-18/h1-6,9,17-18H,7-8,16H2. The van der Waals surface area contributed by atoms with E-state index in [0.717, 1.165) is 5.56 Å². The molecule has 0 aliphatic rings. The van der Waals surface area contributed by atoms with Crippen LogP contribution in [-0.4, -0.2) is 20.1 Å². The lowest BCUT2D eigenvalue weighted by molar-refractivity contribution is 0.299. The number of benzene rings is 2. The molecule has 112 valence electrons. The summed E-state index contributed by atoms with van der Waals surface area (Å²) in [6, 6.07) is 11.3. The summed E-state index contributed by atoms with van der Waals surface area (Å²) in [5, 5.41) is 8.85. The molecule has 0 unspecified atom stereocenters. The third-order valence-electron chi connectivity index (χ3n) is 2.88. The Kier molecular flexibility index (Phi) is 4.87. The van der Waals surface area contributed by atoms with E-state index in [-0.39, 0.29) is 11.5 Å². The van der Waals surface area contributed by atoms with Crippen LogP contribution in [0.4, 0.5) is 11.4 Å². The molecular weight excluding hydrogens is 356 g/mol. The topological polar surface area (TPSA) is 92.4 Å². The molecule has 0 aliphatic carbocycles. The van der Waals surface area contributed by atoms with E-state index in [1.807, 2.05) is 0 Å². The van der Waals surface area contributed by atoms with E-state index >= 15 is 0 Å². The van der Waals surface area contributed by atoms with Crippen molar-refractivity contribution in [3.63, 3.8) is 0 Å².